The molecular formula is C15H20ClNO4. The van der Waals surface area contributed by atoms with Gasteiger partial charge in [0.05, 0.1) is 17.2 Å². The molecule has 0 fully saturated rings. The van der Waals surface area contributed by atoms with Crippen molar-refractivity contribution in [1.82, 2.24) is 4.98 Å². The number of nitrogens with zero attached hydrogens (tertiary/aromatic N) is 1. The summed E-state index contributed by atoms with van der Waals surface area (Å²) >= 11 is 6.02. The molecule has 0 aliphatic rings. The van der Waals surface area contributed by atoms with E-state index in [1.165, 1.54) is 6.20 Å². The summed E-state index contributed by atoms with van der Waals surface area (Å²) in [5.74, 6) is -2.25. The van der Waals surface area contributed by atoms with Crippen molar-refractivity contribution in [1.29, 1.82) is 0 Å². The van der Waals surface area contributed by atoms with Crippen LogP contribution in [0.1, 0.15) is 33.3 Å². The van der Waals surface area contributed by atoms with Crippen LogP contribution >= 0.6 is 11.6 Å². The van der Waals surface area contributed by atoms with E-state index < -0.39 is 17.9 Å². The third kappa shape index (κ3) is 5.71. The normalized spacial score (nSPS) is 11.0. The Morgan fingerprint density at radius 3 is 2.10 bits per heavy atom. The van der Waals surface area contributed by atoms with Gasteiger partial charge in [0, 0.05) is 12.4 Å². The van der Waals surface area contributed by atoms with Crippen molar-refractivity contribution < 1.29 is 19.1 Å². The van der Waals surface area contributed by atoms with E-state index >= 15 is 0 Å². The fourth-order valence-corrected chi connectivity index (χ4v) is 1.88. The minimum absolute atomic E-state index is 0.123. The van der Waals surface area contributed by atoms with Gasteiger partial charge in [-0.05, 0) is 45.7 Å². The van der Waals surface area contributed by atoms with Crippen molar-refractivity contribution in [2.45, 2.75) is 46.3 Å². The van der Waals surface area contributed by atoms with Gasteiger partial charge in [0.1, 0.15) is 0 Å². The van der Waals surface area contributed by atoms with Gasteiger partial charge in [-0.1, -0.05) is 11.6 Å². The predicted molar refractivity (Wildman–Crippen MR) is 78.9 cm³/mol. The van der Waals surface area contributed by atoms with Crippen LogP contribution in [0.3, 0.4) is 0 Å². The third-order valence-electron chi connectivity index (χ3n) is 2.55. The van der Waals surface area contributed by atoms with Gasteiger partial charge in [0.25, 0.3) is 0 Å². The minimum atomic E-state index is -1.03. The van der Waals surface area contributed by atoms with Crippen LogP contribution in [0.5, 0.6) is 0 Å². The number of pyridine rings is 1. The van der Waals surface area contributed by atoms with Gasteiger partial charge in [-0.3, -0.25) is 14.6 Å². The molecule has 0 saturated carbocycles. The predicted octanol–water partition coefficient (Wildman–Crippen LogP) is 2.80. The summed E-state index contributed by atoms with van der Waals surface area (Å²) in [5.41, 5.74) is 0.651. The Bertz CT molecular complexity index is 480. The molecule has 1 rings (SSSR count). The highest BCUT2D eigenvalue weighted by Crippen LogP contribution is 2.20. The molecule has 1 aromatic heterocycles. The molecule has 0 aromatic carbocycles. The van der Waals surface area contributed by atoms with E-state index in [1.54, 1.807) is 40.0 Å². The second kappa shape index (κ2) is 7.98. The van der Waals surface area contributed by atoms with E-state index in [4.69, 9.17) is 21.1 Å². The number of carbonyl (C=O) groups excluding carboxylic acids is 2. The number of ether oxygens (including phenoxy) is 2. The van der Waals surface area contributed by atoms with Crippen LogP contribution in [-0.2, 0) is 25.5 Å². The Hall–Kier alpha value is -1.62. The van der Waals surface area contributed by atoms with Crippen molar-refractivity contribution in [2.75, 3.05) is 0 Å². The molecule has 116 valence electrons. The van der Waals surface area contributed by atoms with Gasteiger partial charge < -0.3 is 9.47 Å². The van der Waals surface area contributed by atoms with Crippen LogP contribution in [0.4, 0.5) is 0 Å². The Morgan fingerprint density at radius 1 is 1.14 bits per heavy atom. The van der Waals surface area contributed by atoms with Gasteiger partial charge in [-0.2, -0.15) is 0 Å². The first-order valence-corrected chi connectivity index (χ1v) is 7.18. The van der Waals surface area contributed by atoms with Crippen molar-refractivity contribution >= 4 is 23.5 Å². The number of aromatic nitrogens is 1. The fourth-order valence-electron chi connectivity index (χ4n) is 1.68. The highest BCUT2D eigenvalue weighted by atomic mass is 35.5. The monoisotopic (exact) mass is 313 g/mol. The lowest BCUT2D eigenvalue weighted by Gasteiger charge is -2.18. The lowest BCUT2D eigenvalue weighted by atomic mass is 10.00. The summed E-state index contributed by atoms with van der Waals surface area (Å²) in [6.07, 6.45) is 2.54. The molecule has 6 heteroatoms. The molecule has 0 amide bonds. The quantitative estimate of drug-likeness (QED) is 0.597. The van der Waals surface area contributed by atoms with Crippen molar-refractivity contribution in [3.8, 4) is 0 Å². The number of hydrogen-bond acceptors (Lipinski definition) is 5. The van der Waals surface area contributed by atoms with Crippen LogP contribution in [-0.4, -0.2) is 29.1 Å². The minimum Gasteiger partial charge on any atom is -0.462 e. The maximum Gasteiger partial charge on any atom is 0.320 e. The summed E-state index contributed by atoms with van der Waals surface area (Å²) in [6.45, 7) is 6.90. The number of esters is 2. The van der Waals surface area contributed by atoms with Crippen molar-refractivity contribution in [3.05, 3.63) is 29.0 Å². The van der Waals surface area contributed by atoms with Gasteiger partial charge in [-0.25, -0.2) is 0 Å². The van der Waals surface area contributed by atoms with E-state index in [1.807, 2.05) is 0 Å². The van der Waals surface area contributed by atoms with Gasteiger partial charge >= 0.3 is 11.9 Å². The zero-order chi connectivity index (χ0) is 16.0. The standard InChI is InChI=1S/C15H20ClNO4/c1-9(2)20-14(18)12(15(19)21-10(3)4)7-11-5-6-17-8-13(11)16/h5-6,8-10,12H,7H2,1-4H3. The highest BCUT2D eigenvalue weighted by Gasteiger charge is 2.31. The molecule has 0 N–H and O–H groups in total. The Balaban J connectivity index is 2.93. The molecule has 0 atom stereocenters. The molecule has 0 bridgehead atoms. The van der Waals surface area contributed by atoms with Crippen LogP contribution in [0, 0.1) is 5.92 Å². The smallest absolute Gasteiger partial charge is 0.320 e. The van der Waals surface area contributed by atoms with Crippen LogP contribution < -0.4 is 0 Å². The van der Waals surface area contributed by atoms with Gasteiger partial charge in [-0.15, -0.1) is 0 Å². The van der Waals surface area contributed by atoms with Crippen molar-refractivity contribution in [3.63, 3.8) is 0 Å². The molecule has 1 aromatic rings. The second-order valence-electron chi connectivity index (χ2n) is 5.20. The number of rotatable bonds is 6. The summed E-state index contributed by atoms with van der Waals surface area (Å²) in [4.78, 5) is 28.1. The van der Waals surface area contributed by atoms with Crippen LogP contribution in [0.25, 0.3) is 0 Å². The molecule has 0 aliphatic carbocycles. The summed E-state index contributed by atoms with van der Waals surface area (Å²) in [7, 11) is 0. The molecule has 0 saturated heterocycles. The van der Waals surface area contributed by atoms with E-state index in [-0.39, 0.29) is 18.6 Å². The molecule has 0 unspecified atom stereocenters. The van der Waals surface area contributed by atoms with E-state index in [9.17, 15) is 9.59 Å². The van der Waals surface area contributed by atoms with Crippen LogP contribution in [0.2, 0.25) is 5.02 Å². The maximum absolute atomic E-state index is 12.1. The molecule has 1 heterocycles. The van der Waals surface area contributed by atoms with Crippen LogP contribution in [0.15, 0.2) is 18.5 Å². The average Bonchev–Trinajstić information content (AvgIpc) is 2.35. The Labute approximate surface area is 129 Å². The highest BCUT2D eigenvalue weighted by molar-refractivity contribution is 6.31. The largest absolute Gasteiger partial charge is 0.462 e. The van der Waals surface area contributed by atoms with Gasteiger partial charge in [0.2, 0.25) is 0 Å². The van der Waals surface area contributed by atoms with Crippen molar-refractivity contribution in [2.24, 2.45) is 5.92 Å². The number of hydrogen-bond donors (Lipinski definition) is 0. The SMILES string of the molecule is CC(C)OC(=O)C(Cc1ccncc1Cl)C(=O)OC(C)C. The molecular weight excluding hydrogens is 294 g/mol. The molecule has 21 heavy (non-hydrogen) atoms. The number of carbonyl (C=O) groups is 2. The molecule has 5 nitrogen and oxygen atoms in total. The summed E-state index contributed by atoms with van der Waals surface area (Å²) < 4.78 is 10.3. The lowest BCUT2D eigenvalue weighted by Crippen LogP contribution is -2.32. The first-order valence-electron chi connectivity index (χ1n) is 6.80. The topological polar surface area (TPSA) is 65.5 Å². The number of halogens is 1. The summed E-state index contributed by atoms with van der Waals surface area (Å²) in [6, 6.07) is 1.67. The fraction of sp³-hybridized carbons (Fsp3) is 0.533. The Kier molecular flexibility index (Phi) is 6.62. The molecule has 0 spiro atoms. The average molecular weight is 314 g/mol. The first-order chi connectivity index (χ1) is 9.81. The first kappa shape index (κ1) is 17.4. The van der Waals surface area contributed by atoms with E-state index in [2.05, 4.69) is 4.98 Å². The molecule has 0 radical (unpaired) electrons. The Morgan fingerprint density at radius 2 is 1.67 bits per heavy atom. The maximum atomic E-state index is 12.1. The van der Waals surface area contributed by atoms with E-state index in [0.717, 1.165) is 0 Å². The van der Waals surface area contributed by atoms with E-state index in [0.29, 0.717) is 10.6 Å². The van der Waals surface area contributed by atoms with Gasteiger partial charge in [0.15, 0.2) is 5.92 Å². The molecule has 0 aliphatic heterocycles. The zero-order valence-electron chi connectivity index (χ0n) is 12.6. The second-order valence-corrected chi connectivity index (χ2v) is 5.60. The lowest BCUT2D eigenvalue weighted by molar-refractivity contribution is -0.166. The third-order valence-corrected chi connectivity index (χ3v) is 2.89. The summed E-state index contributed by atoms with van der Waals surface area (Å²) in [5, 5.41) is 0.400. The zero-order valence-corrected chi connectivity index (χ0v) is 13.4.